The van der Waals surface area contributed by atoms with Crippen LogP contribution in [0.1, 0.15) is 33.7 Å². The zero-order valence-electron chi connectivity index (χ0n) is 13.1. The zero-order valence-corrected chi connectivity index (χ0v) is 14.6. The topological polar surface area (TPSA) is 84.2 Å². The monoisotopic (exact) mass is 369 g/mol. The summed E-state index contributed by atoms with van der Waals surface area (Å²) in [5.74, 6) is -0.252. The van der Waals surface area contributed by atoms with Gasteiger partial charge in [0.1, 0.15) is 0 Å². The van der Waals surface area contributed by atoms with Crippen LogP contribution < -0.4 is 5.11 Å². The molecule has 24 heavy (non-hydrogen) atoms. The lowest BCUT2D eigenvalue weighted by molar-refractivity contribution is -0.282. The third-order valence-corrected chi connectivity index (χ3v) is 4.07. The van der Waals surface area contributed by atoms with Gasteiger partial charge in [0, 0.05) is 29.9 Å². The Kier molecular flexibility index (Phi) is 5.85. The van der Waals surface area contributed by atoms with E-state index in [1.54, 1.807) is 30.8 Å². The van der Waals surface area contributed by atoms with Crippen molar-refractivity contribution in [2.45, 2.75) is 19.8 Å². The Hall–Kier alpha value is -2.05. The normalized spacial score (nSPS) is 10.7. The highest BCUT2D eigenvalue weighted by molar-refractivity contribution is 6.37. The van der Waals surface area contributed by atoms with Crippen LogP contribution >= 0.6 is 23.2 Å². The largest absolute Gasteiger partial charge is 0.550 e. The van der Waals surface area contributed by atoms with Crippen molar-refractivity contribution in [3.8, 4) is 0 Å². The Morgan fingerprint density at radius 2 is 2.04 bits per heavy atom. The molecule has 0 bridgehead atoms. The van der Waals surface area contributed by atoms with Crippen molar-refractivity contribution in [3.05, 3.63) is 50.8 Å². The lowest BCUT2D eigenvalue weighted by Gasteiger charge is -2.10. The number of hydrogen-bond donors (Lipinski definition) is 0. The first-order valence-electron chi connectivity index (χ1n) is 7.17. The summed E-state index contributed by atoms with van der Waals surface area (Å²) in [7, 11) is 1.72. The number of ketones is 1. The molecule has 128 valence electrons. The Balaban J connectivity index is 2.29. The van der Waals surface area contributed by atoms with E-state index in [0.717, 1.165) is 0 Å². The number of nitrogens with zero attached hydrogens (tertiary/aromatic N) is 2. The molecule has 1 aromatic heterocycles. The molecule has 1 aromatic carbocycles. The number of benzene rings is 1. The molecule has 0 unspecified atom stereocenters. The van der Waals surface area contributed by atoms with Crippen LogP contribution in [0.4, 0.5) is 4.79 Å². The van der Waals surface area contributed by atoms with Gasteiger partial charge in [-0.3, -0.25) is 9.48 Å². The number of halogens is 2. The molecule has 0 atom stereocenters. The summed E-state index contributed by atoms with van der Waals surface area (Å²) in [5, 5.41) is 15.3. The van der Waals surface area contributed by atoms with E-state index in [1.165, 1.54) is 6.07 Å². The maximum Gasteiger partial charge on any atom is 0.251 e. The van der Waals surface area contributed by atoms with Gasteiger partial charge in [0.25, 0.3) is 6.16 Å². The molecule has 0 aliphatic rings. The summed E-state index contributed by atoms with van der Waals surface area (Å²) in [4.78, 5) is 23.1. The van der Waals surface area contributed by atoms with E-state index >= 15 is 0 Å². The van der Waals surface area contributed by atoms with Crippen molar-refractivity contribution < 1.29 is 19.4 Å². The van der Waals surface area contributed by atoms with Gasteiger partial charge in [-0.1, -0.05) is 23.2 Å². The van der Waals surface area contributed by atoms with E-state index in [0.29, 0.717) is 40.4 Å². The van der Waals surface area contributed by atoms with E-state index in [2.05, 4.69) is 9.84 Å². The van der Waals surface area contributed by atoms with Crippen LogP contribution in [0, 0.1) is 6.92 Å². The zero-order chi connectivity index (χ0) is 17.9. The first-order chi connectivity index (χ1) is 11.3. The summed E-state index contributed by atoms with van der Waals surface area (Å²) in [6.07, 6.45) is -0.737. The molecule has 0 radical (unpaired) electrons. The molecule has 0 fully saturated rings. The molecular formula is C16H15Cl2N2O4-. The van der Waals surface area contributed by atoms with Gasteiger partial charge < -0.3 is 14.6 Å². The highest BCUT2D eigenvalue weighted by Crippen LogP contribution is 2.26. The number of aromatic nitrogens is 2. The van der Waals surface area contributed by atoms with E-state index in [1.807, 2.05) is 0 Å². The van der Waals surface area contributed by atoms with Crippen molar-refractivity contribution in [3.63, 3.8) is 0 Å². The Morgan fingerprint density at radius 1 is 1.33 bits per heavy atom. The van der Waals surface area contributed by atoms with Crippen LogP contribution in [0.15, 0.2) is 18.2 Å². The maximum atomic E-state index is 12.9. The number of carbonyl (C=O) groups is 2. The van der Waals surface area contributed by atoms with Crippen molar-refractivity contribution in [2.24, 2.45) is 7.05 Å². The molecular weight excluding hydrogens is 355 g/mol. The number of hydrogen-bond acceptors (Lipinski definition) is 5. The SMILES string of the molecule is Cc1nn(C)c(CCCOC(=O)[O-])c1C(=O)c1ccc(Cl)cc1Cl. The molecule has 0 saturated heterocycles. The predicted molar refractivity (Wildman–Crippen MR) is 87.5 cm³/mol. The van der Waals surface area contributed by atoms with Crippen LogP contribution in [-0.2, 0) is 18.2 Å². The van der Waals surface area contributed by atoms with Gasteiger partial charge in [-0.25, -0.2) is 0 Å². The van der Waals surface area contributed by atoms with Crippen molar-refractivity contribution >= 4 is 35.1 Å². The van der Waals surface area contributed by atoms with Crippen LogP contribution in [0.3, 0.4) is 0 Å². The summed E-state index contributed by atoms with van der Waals surface area (Å²) in [6, 6.07) is 4.68. The van der Waals surface area contributed by atoms with Gasteiger partial charge >= 0.3 is 0 Å². The van der Waals surface area contributed by atoms with E-state index in [9.17, 15) is 14.7 Å². The van der Waals surface area contributed by atoms with Crippen molar-refractivity contribution in [1.29, 1.82) is 0 Å². The fourth-order valence-electron chi connectivity index (χ4n) is 2.49. The summed E-state index contributed by atoms with van der Waals surface area (Å²) < 4.78 is 5.99. The smallest absolute Gasteiger partial charge is 0.251 e. The molecule has 2 aromatic rings. The fraction of sp³-hybridized carbons (Fsp3) is 0.312. The van der Waals surface area contributed by atoms with Gasteiger partial charge in [-0.15, -0.1) is 0 Å². The molecule has 8 heteroatoms. The first kappa shape index (κ1) is 18.3. The molecule has 0 spiro atoms. The lowest BCUT2D eigenvalue weighted by atomic mass is 9.99. The standard InChI is InChI=1S/C16H16Cl2N2O4/c1-9-14(15(21)11-6-5-10(17)8-12(11)18)13(20(2)19-9)4-3-7-24-16(22)23/h5-6,8H,3-4,7H2,1-2H3,(H,22,23)/p-1. The predicted octanol–water partition coefficient (Wildman–Crippen LogP) is 2.56. The minimum Gasteiger partial charge on any atom is -0.550 e. The number of carboxylic acid groups (broad SMARTS) is 1. The fourth-order valence-corrected chi connectivity index (χ4v) is 2.99. The average Bonchev–Trinajstić information content (AvgIpc) is 2.76. The number of rotatable bonds is 6. The molecule has 0 amide bonds. The lowest BCUT2D eigenvalue weighted by Crippen LogP contribution is -2.24. The van der Waals surface area contributed by atoms with Crippen LogP contribution in [-0.4, -0.2) is 28.3 Å². The summed E-state index contributed by atoms with van der Waals surface area (Å²) in [5.41, 5.74) is 2.05. The molecule has 0 N–H and O–H groups in total. The molecule has 2 rings (SSSR count). The number of ether oxygens (including phenoxy) is 1. The second-order valence-electron chi connectivity index (χ2n) is 5.19. The molecule has 0 saturated carbocycles. The third kappa shape index (κ3) is 4.07. The Morgan fingerprint density at radius 3 is 2.67 bits per heavy atom. The average molecular weight is 370 g/mol. The number of carbonyl (C=O) groups excluding carboxylic acids is 2. The quantitative estimate of drug-likeness (QED) is 0.443. The first-order valence-corrected chi connectivity index (χ1v) is 7.93. The molecule has 0 aliphatic heterocycles. The summed E-state index contributed by atoms with van der Waals surface area (Å²) in [6.45, 7) is 1.72. The molecule has 6 nitrogen and oxygen atoms in total. The van der Waals surface area contributed by atoms with E-state index in [4.69, 9.17) is 23.2 Å². The van der Waals surface area contributed by atoms with Crippen molar-refractivity contribution in [1.82, 2.24) is 9.78 Å². The Labute approximate surface area is 148 Å². The van der Waals surface area contributed by atoms with Crippen LogP contribution in [0.2, 0.25) is 10.0 Å². The number of aryl methyl sites for hydroxylation is 2. The Bertz CT molecular complexity index is 787. The van der Waals surface area contributed by atoms with E-state index < -0.39 is 6.16 Å². The van der Waals surface area contributed by atoms with Gasteiger partial charge in [-0.2, -0.15) is 5.10 Å². The molecule has 0 aliphatic carbocycles. The van der Waals surface area contributed by atoms with Crippen LogP contribution in [0.25, 0.3) is 0 Å². The minimum absolute atomic E-state index is 0.0120. The highest BCUT2D eigenvalue weighted by Gasteiger charge is 2.22. The van der Waals surface area contributed by atoms with Crippen LogP contribution in [0.5, 0.6) is 0 Å². The third-order valence-electron chi connectivity index (χ3n) is 3.52. The second kappa shape index (κ2) is 7.68. The van der Waals surface area contributed by atoms with Gasteiger partial charge in [-0.05, 0) is 38.0 Å². The van der Waals surface area contributed by atoms with Gasteiger partial charge in [0.2, 0.25) is 0 Å². The van der Waals surface area contributed by atoms with Gasteiger partial charge in [0.05, 0.1) is 16.3 Å². The molecule has 1 heterocycles. The maximum absolute atomic E-state index is 12.9. The van der Waals surface area contributed by atoms with Crippen molar-refractivity contribution in [2.75, 3.05) is 6.61 Å². The highest BCUT2D eigenvalue weighted by atomic mass is 35.5. The van der Waals surface area contributed by atoms with Gasteiger partial charge in [0.15, 0.2) is 5.78 Å². The van der Waals surface area contributed by atoms with E-state index in [-0.39, 0.29) is 17.4 Å². The second-order valence-corrected chi connectivity index (χ2v) is 6.03. The minimum atomic E-state index is -1.57. The summed E-state index contributed by atoms with van der Waals surface area (Å²) >= 11 is 12.0.